The lowest BCUT2D eigenvalue weighted by atomic mass is 10.0. The Morgan fingerprint density at radius 1 is 1.18 bits per heavy atom. The van der Waals surface area contributed by atoms with Gasteiger partial charge in [-0.25, -0.2) is 4.98 Å². The summed E-state index contributed by atoms with van der Waals surface area (Å²) >= 11 is 1.51. The number of aromatic nitrogens is 2. The van der Waals surface area contributed by atoms with E-state index in [2.05, 4.69) is 17.1 Å². The first-order valence-corrected chi connectivity index (χ1v) is 7.76. The molecule has 2 heterocycles. The molecule has 4 aromatic rings. The van der Waals surface area contributed by atoms with Crippen molar-refractivity contribution in [2.45, 2.75) is 6.42 Å². The molecule has 0 fully saturated rings. The lowest BCUT2D eigenvalue weighted by Gasteiger charge is -2.04. The molecule has 5 heteroatoms. The summed E-state index contributed by atoms with van der Waals surface area (Å²) in [5.74, 6) is -0.852. The zero-order valence-corrected chi connectivity index (χ0v) is 12.4. The van der Waals surface area contributed by atoms with Crippen LogP contribution < -0.4 is 0 Å². The first kappa shape index (κ1) is 13.0. The quantitative estimate of drug-likeness (QED) is 0.625. The van der Waals surface area contributed by atoms with E-state index in [-0.39, 0.29) is 6.42 Å². The van der Waals surface area contributed by atoms with Crippen molar-refractivity contribution in [1.82, 2.24) is 9.38 Å². The van der Waals surface area contributed by atoms with Crippen molar-refractivity contribution in [1.29, 1.82) is 0 Å². The molecule has 2 aromatic heterocycles. The van der Waals surface area contributed by atoms with Crippen LogP contribution in [0.4, 0.5) is 0 Å². The molecule has 22 heavy (non-hydrogen) atoms. The number of carbonyl (C=O) groups is 1. The van der Waals surface area contributed by atoms with Crippen LogP contribution in [-0.4, -0.2) is 20.5 Å². The Labute approximate surface area is 130 Å². The number of benzene rings is 2. The molecule has 0 unspecified atom stereocenters. The molecule has 0 saturated carbocycles. The monoisotopic (exact) mass is 308 g/mol. The van der Waals surface area contributed by atoms with Gasteiger partial charge in [0, 0.05) is 17.1 Å². The Hall–Kier alpha value is -2.66. The van der Waals surface area contributed by atoms with Crippen molar-refractivity contribution < 1.29 is 9.90 Å². The van der Waals surface area contributed by atoms with Gasteiger partial charge in [0.25, 0.3) is 0 Å². The standard InChI is InChI=1S/C17H12N2O2S/c20-15(21)10-14-16(18-17-19(14)7-8-22-17)13-6-5-11-3-1-2-4-12(11)9-13/h1-9H,10H2,(H,20,21). The zero-order chi connectivity index (χ0) is 15.1. The van der Waals surface area contributed by atoms with Crippen molar-refractivity contribution >= 4 is 33.0 Å². The van der Waals surface area contributed by atoms with Crippen LogP contribution in [0.25, 0.3) is 27.0 Å². The minimum absolute atomic E-state index is 0.0416. The second-order valence-electron chi connectivity index (χ2n) is 5.10. The minimum atomic E-state index is -0.852. The van der Waals surface area contributed by atoms with Gasteiger partial charge in [0.1, 0.15) is 0 Å². The van der Waals surface area contributed by atoms with Gasteiger partial charge in [0.2, 0.25) is 0 Å². The fraction of sp³-hybridized carbons (Fsp3) is 0.0588. The van der Waals surface area contributed by atoms with E-state index in [0.29, 0.717) is 0 Å². The maximum absolute atomic E-state index is 11.2. The highest BCUT2D eigenvalue weighted by atomic mass is 32.1. The Bertz CT molecular complexity index is 1000. The molecule has 0 radical (unpaired) electrons. The van der Waals surface area contributed by atoms with Crippen LogP contribution in [0, 0.1) is 0 Å². The number of hydrogen-bond donors (Lipinski definition) is 1. The maximum Gasteiger partial charge on any atom is 0.309 e. The summed E-state index contributed by atoms with van der Waals surface area (Å²) in [5, 5.41) is 13.4. The Morgan fingerprint density at radius 2 is 2.00 bits per heavy atom. The van der Waals surface area contributed by atoms with Gasteiger partial charge < -0.3 is 5.11 Å². The van der Waals surface area contributed by atoms with Gasteiger partial charge in [0.05, 0.1) is 17.8 Å². The Balaban J connectivity index is 1.94. The molecule has 0 spiro atoms. The highest BCUT2D eigenvalue weighted by Gasteiger charge is 2.17. The van der Waals surface area contributed by atoms with E-state index in [0.717, 1.165) is 32.7 Å². The summed E-state index contributed by atoms with van der Waals surface area (Å²) in [5.41, 5.74) is 2.42. The Kier molecular flexibility index (Phi) is 2.94. The third-order valence-corrected chi connectivity index (χ3v) is 4.46. The molecule has 2 aromatic carbocycles. The van der Waals surface area contributed by atoms with Gasteiger partial charge in [-0.15, -0.1) is 11.3 Å². The summed E-state index contributed by atoms with van der Waals surface area (Å²) in [6.07, 6.45) is 1.83. The second-order valence-corrected chi connectivity index (χ2v) is 5.97. The highest BCUT2D eigenvalue weighted by Crippen LogP contribution is 2.29. The average molecular weight is 308 g/mol. The fourth-order valence-electron chi connectivity index (χ4n) is 2.71. The number of nitrogens with zero attached hydrogens (tertiary/aromatic N) is 2. The van der Waals surface area contributed by atoms with Crippen LogP contribution in [0.5, 0.6) is 0 Å². The van der Waals surface area contributed by atoms with E-state index >= 15 is 0 Å². The van der Waals surface area contributed by atoms with Gasteiger partial charge in [-0.2, -0.15) is 0 Å². The number of aliphatic carboxylic acids is 1. The molecule has 4 nitrogen and oxygen atoms in total. The minimum Gasteiger partial charge on any atom is -0.481 e. The molecular weight excluding hydrogens is 296 g/mol. The molecule has 0 aliphatic heterocycles. The first-order chi connectivity index (χ1) is 10.7. The van der Waals surface area contributed by atoms with Crippen LogP contribution in [0.15, 0.2) is 54.0 Å². The van der Waals surface area contributed by atoms with Gasteiger partial charge in [-0.05, 0) is 16.8 Å². The second kappa shape index (κ2) is 4.96. The third-order valence-electron chi connectivity index (χ3n) is 3.70. The van der Waals surface area contributed by atoms with Crippen LogP contribution in [-0.2, 0) is 11.2 Å². The van der Waals surface area contributed by atoms with E-state index in [1.807, 2.05) is 46.3 Å². The van der Waals surface area contributed by atoms with E-state index in [9.17, 15) is 9.90 Å². The molecule has 1 N–H and O–H groups in total. The number of rotatable bonds is 3. The van der Waals surface area contributed by atoms with Gasteiger partial charge in [-0.3, -0.25) is 9.20 Å². The summed E-state index contributed by atoms with van der Waals surface area (Å²) in [6, 6.07) is 14.2. The number of imidazole rings is 1. The van der Waals surface area contributed by atoms with Gasteiger partial charge in [0.15, 0.2) is 4.96 Å². The van der Waals surface area contributed by atoms with E-state index in [1.54, 1.807) is 0 Å². The highest BCUT2D eigenvalue weighted by molar-refractivity contribution is 7.15. The van der Waals surface area contributed by atoms with Crippen molar-refractivity contribution in [2.75, 3.05) is 0 Å². The zero-order valence-electron chi connectivity index (χ0n) is 11.6. The van der Waals surface area contributed by atoms with Crippen LogP contribution in [0.2, 0.25) is 0 Å². The van der Waals surface area contributed by atoms with Gasteiger partial charge in [-0.1, -0.05) is 36.4 Å². The van der Waals surface area contributed by atoms with Crippen molar-refractivity contribution in [3.05, 3.63) is 59.7 Å². The molecule has 0 amide bonds. The van der Waals surface area contributed by atoms with E-state index < -0.39 is 5.97 Å². The number of hydrogen-bond acceptors (Lipinski definition) is 3. The number of carboxylic acids is 1. The largest absolute Gasteiger partial charge is 0.481 e. The topological polar surface area (TPSA) is 54.6 Å². The van der Waals surface area contributed by atoms with Gasteiger partial charge >= 0.3 is 5.97 Å². The average Bonchev–Trinajstić information content (AvgIpc) is 3.09. The number of carboxylic acid groups (broad SMARTS) is 1. The van der Waals surface area contributed by atoms with E-state index in [4.69, 9.17) is 0 Å². The fourth-order valence-corrected chi connectivity index (χ4v) is 3.45. The normalized spacial score (nSPS) is 11.3. The lowest BCUT2D eigenvalue weighted by molar-refractivity contribution is -0.136. The molecule has 0 aliphatic rings. The van der Waals surface area contributed by atoms with Crippen LogP contribution in [0.3, 0.4) is 0 Å². The van der Waals surface area contributed by atoms with Crippen molar-refractivity contribution in [3.8, 4) is 11.3 Å². The third kappa shape index (κ3) is 2.07. The molecule has 0 saturated heterocycles. The molecular formula is C17H12N2O2S. The summed E-state index contributed by atoms with van der Waals surface area (Å²) in [4.78, 5) is 16.6. The Morgan fingerprint density at radius 3 is 2.82 bits per heavy atom. The SMILES string of the molecule is O=C(O)Cc1c(-c2ccc3ccccc3c2)nc2sccn12. The molecule has 4 rings (SSSR count). The van der Waals surface area contributed by atoms with Crippen LogP contribution >= 0.6 is 11.3 Å². The predicted molar refractivity (Wildman–Crippen MR) is 87.4 cm³/mol. The smallest absolute Gasteiger partial charge is 0.309 e. The summed E-state index contributed by atoms with van der Waals surface area (Å²) in [7, 11) is 0. The predicted octanol–water partition coefficient (Wildman–Crippen LogP) is 3.84. The van der Waals surface area contributed by atoms with Crippen molar-refractivity contribution in [3.63, 3.8) is 0 Å². The number of fused-ring (bicyclic) bond motifs is 2. The van der Waals surface area contributed by atoms with E-state index in [1.165, 1.54) is 11.3 Å². The summed E-state index contributed by atoms with van der Waals surface area (Å²) < 4.78 is 1.86. The maximum atomic E-state index is 11.2. The molecule has 0 aliphatic carbocycles. The van der Waals surface area contributed by atoms with Crippen molar-refractivity contribution in [2.24, 2.45) is 0 Å². The molecule has 108 valence electrons. The number of thiazole rings is 1. The molecule has 0 bridgehead atoms. The summed E-state index contributed by atoms with van der Waals surface area (Å²) in [6.45, 7) is 0. The molecule has 0 atom stereocenters. The first-order valence-electron chi connectivity index (χ1n) is 6.88. The lowest BCUT2D eigenvalue weighted by Crippen LogP contribution is -2.04. The van der Waals surface area contributed by atoms with Crippen LogP contribution in [0.1, 0.15) is 5.69 Å².